The molecule has 1 fully saturated rings. The minimum atomic E-state index is -0.526. The first-order chi connectivity index (χ1) is 9.02. The standard InChI is InChI=1S/C14H18N2O3/c1-3-12-14(19)15-13(18)8-16(12)11-6-4-10(5-7-11)9(2)17/h4-7,9,12,17H,3,8H2,1-2H3,(H,15,18,19)/t9-,12?/m1/s1. The van der Waals surface area contributed by atoms with Crippen molar-refractivity contribution in [1.29, 1.82) is 0 Å². The summed E-state index contributed by atoms with van der Waals surface area (Å²) in [4.78, 5) is 25.1. The number of hydrogen-bond donors (Lipinski definition) is 2. The molecule has 0 aromatic heterocycles. The number of piperazine rings is 1. The molecule has 1 unspecified atom stereocenters. The van der Waals surface area contributed by atoms with E-state index in [1.165, 1.54) is 0 Å². The highest BCUT2D eigenvalue weighted by atomic mass is 16.3. The van der Waals surface area contributed by atoms with Crippen molar-refractivity contribution in [2.24, 2.45) is 0 Å². The zero-order chi connectivity index (χ0) is 14.0. The van der Waals surface area contributed by atoms with Crippen LogP contribution in [0.5, 0.6) is 0 Å². The minimum Gasteiger partial charge on any atom is -0.389 e. The summed E-state index contributed by atoms with van der Waals surface area (Å²) in [5.74, 6) is -0.535. The molecule has 0 bridgehead atoms. The van der Waals surface area contributed by atoms with Crippen LogP contribution in [0.1, 0.15) is 31.9 Å². The van der Waals surface area contributed by atoms with Gasteiger partial charge in [-0.05, 0) is 31.0 Å². The zero-order valence-corrected chi connectivity index (χ0v) is 11.1. The molecule has 5 heteroatoms. The van der Waals surface area contributed by atoms with Crippen LogP contribution in [0, 0.1) is 0 Å². The average molecular weight is 262 g/mol. The minimum absolute atomic E-state index is 0.179. The molecule has 0 radical (unpaired) electrons. The summed E-state index contributed by atoms with van der Waals surface area (Å²) in [6.45, 7) is 3.79. The molecule has 1 saturated heterocycles. The number of nitrogens with zero attached hydrogens (tertiary/aromatic N) is 1. The molecular formula is C14H18N2O3. The quantitative estimate of drug-likeness (QED) is 0.797. The number of benzene rings is 1. The molecule has 1 aliphatic rings. The molecule has 1 aliphatic heterocycles. The van der Waals surface area contributed by atoms with Crippen LogP contribution in [0.2, 0.25) is 0 Å². The lowest BCUT2D eigenvalue weighted by atomic mass is 10.1. The van der Waals surface area contributed by atoms with E-state index in [9.17, 15) is 14.7 Å². The third-order valence-corrected chi connectivity index (χ3v) is 3.35. The molecule has 5 nitrogen and oxygen atoms in total. The van der Waals surface area contributed by atoms with Crippen molar-refractivity contribution in [3.63, 3.8) is 0 Å². The van der Waals surface area contributed by atoms with Crippen molar-refractivity contribution in [1.82, 2.24) is 5.32 Å². The summed E-state index contributed by atoms with van der Waals surface area (Å²) in [6, 6.07) is 6.95. The van der Waals surface area contributed by atoms with Gasteiger partial charge in [-0.1, -0.05) is 19.1 Å². The Hall–Kier alpha value is -1.88. The maximum absolute atomic E-state index is 11.8. The predicted molar refractivity (Wildman–Crippen MR) is 71.7 cm³/mol. The normalized spacial score (nSPS) is 21.2. The lowest BCUT2D eigenvalue weighted by Gasteiger charge is -2.35. The molecular weight excluding hydrogens is 244 g/mol. The van der Waals surface area contributed by atoms with Crippen LogP contribution in [-0.2, 0) is 9.59 Å². The lowest BCUT2D eigenvalue weighted by Crippen LogP contribution is -2.58. The van der Waals surface area contributed by atoms with Crippen LogP contribution in [0.25, 0.3) is 0 Å². The summed E-state index contributed by atoms with van der Waals surface area (Å²) >= 11 is 0. The molecule has 2 atom stereocenters. The fourth-order valence-corrected chi connectivity index (χ4v) is 2.29. The SMILES string of the molecule is CCC1C(=O)NC(=O)CN1c1ccc([C@@H](C)O)cc1. The van der Waals surface area contributed by atoms with Gasteiger partial charge in [0.25, 0.3) is 0 Å². The molecule has 2 amide bonds. The van der Waals surface area contributed by atoms with Gasteiger partial charge in [-0.2, -0.15) is 0 Å². The fraction of sp³-hybridized carbons (Fsp3) is 0.429. The number of aliphatic hydroxyl groups is 1. The summed E-state index contributed by atoms with van der Waals surface area (Å²) in [7, 11) is 0. The van der Waals surface area contributed by atoms with Gasteiger partial charge in [-0.3, -0.25) is 14.9 Å². The van der Waals surface area contributed by atoms with Gasteiger partial charge in [0, 0.05) is 5.69 Å². The molecule has 1 aromatic carbocycles. The van der Waals surface area contributed by atoms with Crippen LogP contribution in [0.3, 0.4) is 0 Å². The van der Waals surface area contributed by atoms with E-state index < -0.39 is 6.10 Å². The number of imide groups is 1. The first-order valence-corrected chi connectivity index (χ1v) is 6.41. The Morgan fingerprint density at radius 2 is 2.00 bits per heavy atom. The van der Waals surface area contributed by atoms with Gasteiger partial charge in [0.1, 0.15) is 6.04 Å². The van der Waals surface area contributed by atoms with Gasteiger partial charge >= 0.3 is 0 Å². The monoisotopic (exact) mass is 262 g/mol. The first-order valence-electron chi connectivity index (χ1n) is 6.41. The number of rotatable bonds is 3. The van der Waals surface area contributed by atoms with Crippen LogP contribution >= 0.6 is 0 Å². The van der Waals surface area contributed by atoms with Gasteiger partial charge < -0.3 is 10.0 Å². The van der Waals surface area contributed by atoms with E-state index in [4.69, 9.17) is 0 Å². The van der Waals surface area contributed by atoms with Gasteiger partial charge in [-0.25, -0.2) is 0 Å². The molecule has 2 N–H and O–H groups in total. The number of aliphatic hydroxyl groups excluding tert-OH is 1. The van der Waals surface area contributed by atoms with Crippen LogP contribution in [-0.4, -0.2) is 29.5 Å². The van der Waals surface area contributed by atoms with Gasteiger partial charge in [0.15, 0.2) is 0 Å². The number of anilines is 1. The third-order valence-electron chi connectivity index (χ3n) is 3.35. The Morgan fingerprint density at radius 1 is 1.37 bits per heavy atom. The highest BCUT2D eigenvalue weighted by molar-refractivity contribution is 6.04. The molecule has 102 valence electrons. The maximum Gasteiger partial charge on any atom is 0.249 e. The van der Waals surface area contributed by atoms with Crippen molar-refractivity contribution in [3.8, 4) is 0 Å². The maximum atomic E-state index is 11.8. The van der Waals surface area contributed by atoms with Gasteiger partial charge in [0.05, 0.1) is 12.6 Å². The Labute approximate surface area is 112 Å². The first kappa shape index (κ1) is 13.5. The molecule has 1 heterocycles. The lowest BCUT2D eigenvalue weighted by molar-refractivity contribution is -0.132. The largest absolute Gasteiger partial charge is 0.389 e. The number of hydrogen-bond acceptors (Lipinski definition) is 4. The predicted octanol–water partition coefficient (Wildman–Crippen LogP) is 0.981. The van der Waals surface area contributed by atoms with Crippen molar-refractivity contribution in [3.05, 3.63) is 29.8 Å². The molecule has 0 spiro atoms. The highest BCUT2D eigenvalue weighted by Gasteiger charge is 2.32. The van der Waals surface area contributed by atoms with Crippen molar-refractivity contribution in [2.45, 2.75) is 32.4 Å². The number of amides is 2. The molecule has 0 saturated carbocycles. The van der Waals surface area contributed by atoms with Gasteiger partial charge in [-0.15, -0.1) is 0 Å². The fourth-order valence-electron chi connectivity index (χ4n) is 2.29. The van der Waals surface area contributed by atoms with E-state index in [1.54, 1.807) is 11.8 Å². The summed E-state index contributed by atoms with van der Waals surface area (Å²) in [5.41, 5.74) is 1.63. The van der Waals surface area contributed by atoms with Crippen LogP contribution in [0.15, 0.2) is 24.3 Å². The molecule has 2 rings (SSSR count). The van der Waals surface area contributed by atoms with Crippen molar-refractivity contribution >= 4 is 17.5 Å². The number of carbonyl (C=O) groups excluding carboxylic acids is 2. The van der Waals surface area contributed by atoms with E-state index in [-0.39, 0.29) is 24.4 Å². The molecule has 0 aliphatic carbocycles. The van der Waals surface area contributed by atoms with Crippen LogP contribution < -0.4 is 10.2 Å². The Balaban J connectivity index is 2.27. The topological polar surface area (TPSA) is 69.6 Å². The Bertz CT molecular complexity index is 482. The van der Waals surface area contributed by atoms with E-state index in [0.717, 1.165) is 11.3 Å². The third kappa shape index (κ3) is 2.76. The molecule has 1 aromatic rings. The second-order valence-corrected chi connectivity index (χ2v) is 4.73. The van der Waals surface area contributed by atoms with E-state index in [0.29, 0.717) is 6.42 Å². The van der Waals surface area contributed by atoms with E-state index in [1.807, 2.05) is 31.2 Å². The van der Waals surface area contributed by atoms with Crippen LogP contribution in [0.4, 0.5) is 5.69 Å². The van der Waals surface area contributed by atoms with Crippen molar-refractivity contribution in [2.75, 3.05) is 11.4 Å². The summed E-state index contributed by atoms with van der Waals surface area (Å²) in [5, 5.41) is 11.8. The summed E-state index contributed by atoms with van der Waals surface area (Å²) in [6.07, 6.45) is 0.111. The molecule has 19 heavy (non-hydrogen) atoms. The van der Waals surface area contributed by atoms with Crippen molar-refractivity contribution < 1.29 is 14.7 Å². The number of carbonyl (C=O) groups is 2. The zero-order valence-electron chi connectivity index (χ0n) is 11.1. The van der Waals surface area contributed by atoms with E-state index in [2.05, 4.69) is 5.32 Å². The Kier molecular flexibility index (Phi) is 3.85. The summed E-state index contributed by atoms with van der Waals surface area (Å²) < 4.78 is 0. The van der Waals surface area contributed by atoms with E-state index >= 15 is 0 Å². The smallest absolute Gasteiger partial charge is 0.249 e. The highest BCUT2D eigenvalue weighted by Crippen LogP contribution is 2.23. The Morgan fingerprint density at radius 3 is 2.53 bits per heavy atom. The van der Waals surface area contributed by atoms with Gasteiger partial charge in [0.2, 0.25) is 11.8 Å². The second kappa shape index (κ2) is 5.40. The number of nitrogens with one attached hydrogen (secondary N) is 1. The second-order valence-electron chi connectivity index (χ2n) is 4.73. The average Bonchev–Trinajstić information content (AvgIpc) is 2.38.